The number of benzene rings is 2. The third-order valence-corrected chi connectivity index (χ3v) is 3.38. The van der Waals surface area contributed by atoms with Crippen LogP contribution in [0.5, 0.6) is 0 Å². The van der Waals surface area contributed by atoms with Gasteiger partial charge in [-0.3, -0.25) is 0 Å². The number of rotatable bonds is 6. The first-order chi connectivity index (χ1) is 10.1. The molecule has 0 spiro atoms. The van der Waals surface area contributed by atoms with Crippen molar-refractivity contribution in [2.24, 2.45) is 0 Å². The molecule has 2 unspecified atom stereocenters. The predicted octanol–water partition coefficient (Wildman–Crippen LogP) is 3.22. The normalized spacial score (nSPS) is 13.9. The summed E-state index contributed by atoms with van der Waals surface area (Å²) in [6.07, 6.45) is -0.419. The van der Waals surface area contributed by atoms with E-state index in [2.05, 4.69) is 5.32 Å². The van der Waals surface area contributed by atoms with Crippen molar-refractivity contribution in [3.63, 3.8) is 0 Å². The van der Waals surface area contributed by atoms with Gasteiger partial charge in [0.25, 0.3) is 0 Å². The molecule has 0 aliphatic rings. The molecule has 2 aromatic rings. The lowest BCUT2D eigenvalue weighted by atomic mass is 10.1. The molecule has 2 aromatic carbocycles. The quantitative estimate of drug-likeness (QED) is 0.856. The summed E-state index contributed by atoms with van der Waals surface area (Å²) in [6.45, 7) is 2.07. The van der Waals surface area contributed by atoms with Crippen molar-refractivity contribution >= 4 is 0 Å². The fraction of sp³-hybridized carbons (Fsp3) is 0.294. The Hall–Kier alpha value is -1.78. The summed E-state index contributed by atoms with van der Waals surface area (Å²) in [5.41, 5.74) is 0.890. The molecule has 2 atom stereocenters. The molecule has 0 heterocycles. The van der Waals surface area contributed by atoms with Crippen LogP contribution in [0.3, 0.4) is 0 Å². The minimum Gasteiger partial charge on any atom is -0.387 e. The molecule has 2 nitrogen and oxygen atoms in total. The van der Waals surface area contributed by atoms with Gasteiger partial charge in [-0.05, 0) is 31.0 Å². The Morgan fingerprint density at radius 1 is 1.00 bits per heavy atom. The largest absolute Gasteiger partial charge is 0.387 e. The van der Waals surface area contributed by atoms with E-state index in [-0.39, 0.29) is 18.2 Å². The van der Waals surface area contributed by atoms with Gasteiger partial charge in [0.2, 0.25) is 0 Å². The number of aliphatic hydroxyl groups excluding tert-OH is 1. The first-order valence-electron chi connectivity index (χ1n) is 6.97. The van der Waals surface area contributed by atoms with E-state index in [1.807, 2.05) is 37.3 Å². The van der Waals surface area contributed by atoms with E-state index in [1.54, 1.807) is 0 Å². The van der Waals surface area contributed by atoms with E-state index >= 15 is 0 Å². The SMILES string of the molecule is CC(Cc1ccccc1)NCC(O)c1c(F)cccc1F. The Kier molecular flexibility index (Phi) is 5.42. The average molecular weight is 291 g/mol. The summed E-state index contributed by atoms with van der Waals surface area (Å²) in [6, 6.07) is 13.6. The Labute approximate surface area is 123 Å². The zero-order valence-electron chi connectivity index (χ0n) is 11.9. The maximum atomic E-state index is 13.5. The summed E-state index contributed by atoms with van der Waals surface area (Å²) >= 11 is 0. The zero-order chi connectivity index (χ0) is 15.2. The van der Waals surface area contributed by atoms with E-state index in [0.29, 0.717) is 0 Å². The van der Waals surface area contributed by atoms with E-state index in [0.717, 1.165) is 18.6 Å². The number of aliphatic hydroxyl groups is 1. The topological polar surface area (TPSA) is 32.3 Å². The van der Waals surface area contributed by atoms with Crippen molar-refractivity contribution in [2.45, 2.75) is 25.5 Å². The molecule has 0 bridgehead atoms. The van der Waals surface area contributed by atoms with Crippen molar-refractivity contribution in [1.29, 1.82) is 0 Å². The highest BCUT2D eigenvalue weighted by Gasteiger charge is 2.18. The highest BCUT2D eigenvalue weighted by atomic mass is 19.1. The van der Waals surface area contributed by atoms with Crippen molar-refractivity contribution < 1.29 is 13.9 Å². The van der Waals surface area contributed by atoms with Gasteiger partial charge in [-0.2, -0.15) is 0 Å². The second kappa shape index (κ2) is 7.29. The lowest BCUT2D eigenvalue weighted by molar-refractivity contribution is 0.161. The fourth-order valence-electron chi connectivity index (χ4n) is 2.28. The van der Waals surface area contributed by atoms with Gasteiger partial charge in [-0.15, -0.1) is 0 Å². The molecule has 112 valence electrons. The Morgan fingerprint density at radius 3 is 2.24 bits per heavy atom. The van der Waals surface area contributed by atoms with Crippen LogP contribution in [-0.2, 0) is 6.42 Å². The molecule has 0 saturated heterocycles. The molecule has 0 aliphatic heterocycles. The van der Waals surface area contributed by atoms with Gasteiger partial charge in [0.05, 0.1) is 11.7 Å². The van der Waals surface area contributed by atoms with Gasteiger partial charge in [0, 0.05) is 12.6 Å². The van der Waals surface area contributed by atoms with E-state index in [4.69, 9.17) is 0 Å². The summed E-state index contributed by atoms with van der Waals surface area (Å²) < 4.78 is 27.1. The molecule has 0 radical (unpaired) electrons. The molecule has 21 heavy (non-hydrogen) atoms. The number of nitrogens with one attached hydrogen (secondary N) is 1. The van der Waals surface area contributed by atoms with Crippen LogP contribution in [0, 0.1) is 11.6 Å². The van der Waals surface area contributed by atoms with Crippen LogP contribution in [-0.4, -0.2) is 17.7 Å². The van der Waals surface area contributed by atoms with Crippen molar-refractivity contribution in [3.05, 3.63) is 71.3 Å². The van der Waals surface area contributed by atoms with Gasteiger partial charge < -0.3 is 10.4 Å². The monoisotopic (exact) mass is 291 g/mol. The van der Waals surface area contributed by atoms with Crippen LogP contribution in [0.25, 0.3) is 0 Å². The Balaban J connectivity index is 1.90. The molecular weight excluding hydrogens is 272 g/mol. The molecular formula is C17H19F2NO. The second-order valence-corrected chi connectivity index (χ2v) is 5.15. The minimum absolute atomic E-state index is 0.0943. The van der Waals surface area contributed by atoms with Crippen LogP contribution >= 0.6 is 0 Å². The fourth-order valence-corrected chi connectivity index (χ4v) is 2.28. The second-order valence-electron chi connectivity index (χ2n) is 5.15. The van der Waals surface area contributed by atoms with Crippen molar-refractivity contribution in [2.75, 3.05) is 6.54 Å². The number of hydrogen-bond donors (Lipinski definition) is 2. The van der Waals surface area contributed by atoms with Crippen LogP contribution in [0.2, 0.25) is 0 Å². The third kappa shape index (κ3) is 4.34. The molecule has 0 aromatic heterocycles. The van der Waals surface area contributed by atoms with E-state index in [9.17, 15) is 13.9 Å². The molecule has 2 rings (SSSR count). The number of hydrogen-bond acceptors (Lipinski definition) is 2. The maximum Gasteiger partial charge on any atom is 0.131 e. The van der Waals surface area contributed by atoms with Gasteiger partial charge >= 0.3 is 0 Å². The van der Waals surface area contributed by atoms with E-state index < -0.39 is 17.7 Å². The third-order valence-electron chi connectivity index (χ3n) is 3.38. The molecule has 0 aliphatic carbocycles. The van der Waals surface area contributed by atoms with Crippen molar-refractivity contribution in [3.8, 4) is 0 Å². The summed E-state index contributed by atoms with van der Waals surface area (Å²) in [5, 5.41) is 13.1. The lowest BCUT2D eigenvalue weighted by Crippen LogP contribution is -2.32. The molecule has 0 saturated carbocycles. The van der Waals surface area contributed by atoms with Crippen molar-refractivity contribution in [1.82, 2.24) is 5.32 Å². The summed E-state index contributed by atoms with van der Waals surface area (Å²) in [4.78, 5) is 0. The van der Waals surface area contributed by atoms with Gasteiger partial charge in [0.1, 0.15) is 11.6 Å². The highest BCUT2D eigenvalue weighted by Crippen LogP contribution is 2.20. The Morgan fingerprint density at radius 2 is 1.62 bits per heavy atom. The van der Waals surface area contributed by atoms with Crippen LogP contribution in [0.4, 0.5) is 8.78 Å². The first-order valence-corrected chi connectivity index (χ1v) is 6.97. The van der Waals surface area contributed by atoms with E-state index in [1.165, 1.54) is 11.6 Å². The van der Waals surface area contributed by atoms with Gasteiger partial charge in [-0.1, -0.05) is 36.4 Å². The molecule has 0 amide bonds. The maximum absolute atomic E-state index is 13.5. The minimum atomic E-state index is -1.20. The highest BCUT2D eigenvalue weighted by molar-refractivity contribution is 5.22. The smallest absolute Gasteiger partial charge is 0.131 e. The number of halogens is 2. The lowest BCUT2D eigenvalue weighted by Gasteiger charge is -2.18. The predicted molar refractivity (Wildman–Crippen MR) is 78.9 cm³/mol. The molecule has 0 fully saturated rings. The first kappa shape index (κ1) is 15.6. The standard InChI is InChI=1S/C17H19F2NO/c1-12(10-13-6-3-2-4-7-13)20-11-16(21)17-14(18)8-5-9-15(17)19/h2-9,12,16,20-21H,10-11H2,1H3. The average Bonchev–Trinajstić information content (AvgIpc) is 2.46. The van der Waals surface area contributed by atoms with Crippen LogP contribution in [0.15, 0.2) is 48.5 Å². The molecule has 2 N–H and O–H groups in total. The van der Waals surface area contributed by atoms with Gasteiger partial charge in [-0.25, -0.2) is 8.78 Å². The summed E-state index contributed by atoms with van der Waals surface area (Å²) in [7, 11) is 0. The zero-order valence-corrected chi connectivity index (χ0v) is 11.9. The summed E-state index contributed by atoms with van der Waals surface area (Å²) in [5.74, 6) is -1.44. The van der Waals surface area contributed by atoms with Crippen LogP contribution in [0.1, 0.15) is 24.2 Å². The molecule has 4 heteroatoms. The van der Waals surface area contributed by atoms with Gasteiger partial charge in [0.15, 0.2) is 0 Å². The van der Waals surface area contributed by atoms with Crippen LogP contribution < -0.4 is 5.32 Å². The Bertz CT molecular complexity index is 554.